The second-order valence-electron chi connectivity index (χ2n) is 7.88. The number of hydrogen-bond donors (Lipinski definition) is 0. The van der Waals surface area contributed by atoms with Crippen molar-refractivity contribution in [1.29, 1.82) is 0 Å². The lowest BCUT2D eigenvalue weighted by molar-refractivity contribution is 0.0777. The van der Waals surface area contributed by atoms with Crippen LogP contribution in [0.25, 0.3) is 11.0 Å². The van der Waals surface area contributed by atoms with Crippen LogP contribution >= 0.6 is 0 Å². The van der Waals surface area contributed by atoms with Gasteiger partial charge in [-0.25, -0.2) is 9.97 Å². The second-order valence-corrected chi connectivity index (χ2v) is 7.88. The van der Waals surface area contributed by atoms with Gasteiger partial charge in [0.25, 0.3) is 5.91 Å². The molecule has 0 N–H and O–H groups in total. The quantitative estimate of drug-likeness (QED) is 0.684. The number of nitrogens with zero attached hydrogens (tertiary/aromatic N) is 5. The average Bonchev–Trinajstić information content (AvgIpc) is 3.40. The predicted octanol–water partition coefficient (Wildman–Crippen LogP) is 2.58. The Bertz CT molecular complexity index is 1050. The van der Waals surface area contributed by atoms with Gasteiger partial charge in [0, 0.05) is 51.3 Å². The Labute approximate surface area is 169 Å². The van der Waals surface area contributed by atoms with Crippen LogP contribution in [0.1, 0.15) is 17.3 Å². The zero-order chi connectivity index (χ0) is 20.0. The molecule has 1 amide bonds. The first-order chi connectivity index (χ1) is 14.2. The molecule has 2 aliphatic rings. The zero-order valence-electron chi connectivity index (χ0n) is 16.8. The largest absolute Gasteiger partial charge is 0.477 e. The Morgan fingerprint density at radius 2 is 1.86 bits per heavy atom. The number of aromatic nitrogens is 3. The van der Waals surface area contributed by atoms with Crippen molar-refractivity contribution in [3.05, 3.63) is 48.2 Å². The molecule has 0 spiro atoms. The van der Waals surface area contributed by atoms with Crippen molar-refractivity contribution in [2.45, 2.75) is 6.92 Å². The van der Waals surface area contributed by atoms with Gasteiger partial charge in [0.15, 0.2) is 0 Å². The molecular formula is C22H25N5O2. The first-order valence-electron chi connectivity index (χ1n) is 10.2. The minimum absolute atomic E-state index is 0.0187. The van der Waals surface area contributed by atoms with Crippen molar-refractivity contribution >= 4 is 22.9 Å². The van der Waals surface area contributed by atoms with Crippen LogP contribution in [0.4, 0.5) is 5.95 Å². The van der Waals surface area contributed by atoms with E-state index in [0.29, 0.717) is 29.9 Å². The van der Waals surface area contributed by atoms with Crippen LogP contribution in [0.5, 0.6) is 5.88 Å². The van der Waals surface area contributed by atoms with Crippen LogP contribution in [0, 0.1) is 11.8 Å². The molecule has 2 atom stereocenters. The van der Waals surface area contributed by atoms with E-state index in [0.717, 1.165) is 43.2 Å². The van der Waals surface area contributed by atoms with Crippen LogP contribution in [0.15, 0.2) is 42.6 Å². The number of imidazole rings is 1. The fourth-order valence-electron chi connectivity index (χ4n) is 4.71. The summed E-state index contributed by atoms with van der Waals surface area (Å²) in [5.74, 6) is 2.39. The first-order valence-corrected chi connectivity index (χ1v) is 10.2. The van der Waals surface area contributed by atoms with Crippen molar-refractivity contribution < 1.29 is 9.53 Å². The number of fused-ring (bicyclic) bond motifs is 2. The number of amides is 1. The number of pyridine rings is 1. The van der Waals surface area contributed by atoms with Crippen LogP contribution in [-0.2, 0) is 7.05 Å². The summed E-state index contributed by atoms with van der Waals surface area (Å²) in [6, 6.07) is 11.8. The Morgan fingerprint density at radius 1 is 1.10 bits per heavy atom. The minimum Gasteiger partial charge on any atom is -0.477 e. The number of anilines is 1. The molecule has 2 aliphatic heterocycles. The van der Waals surface area contributed by atoms with Crippen molar-refractivity contribution in [3.8, 4) is 5.88 Å². The van der Waals surface area contributed by atoms with E-state index in [1.807, 2.05) is 24.0 Å². The molecule has 2 saturated heterocycles. The summed E-state index contributed by atoms with van der Waals surface area (Å²) in [4.78, 5) is 26.5. The fourth-order valence-corrected chi connectivity index (χ4v) is 4.71. The molecular weight excluding hydrogens is 366 g/mol. The Morgan fingerprint density at radius 3 is 2.59 bits per heavy atom. The maximum absolute atomic E-state index is 13.1. The van der Waals surface area contributed by atoms with Gasteiger partial charge in [-0.3, -0.25) is 4.79 Å². The summed E-state index contributed by atoms with van der Waals surface area (Å²) in [7, 11) is 2.08. The van der Waals surface area contributed by atoms with E-state index in [2.05, 4.69) is 33.6 Å². The number of carbonyl (C=O) groups is 1. The number of benzene rings is 1. The van der Waals surface area contributed by atoms with Crippen molar-refractivity contribution in [1.82, 2.24) is 19.4 Å². The smallest absolute Gasteiger partial charge is 0.259 e. The third-order valence-electron chi connectivity index (χ3n) is 6.10. The topological polar surface area (TPSA) is 63.5 Å². The molecule has 0 bridgehead atoms. The number of likely N-dealkylation sites (tertiary alicyclic amines) is 1. The highest BCUT2D eigenvalue weighted by Crippen LogP contribution is 2.35. The van der Waals surface area contributed by atoms with Gasteiger partial charge in [-0.2, -0.15) is 0 Å². The van der Waals surface area contributed by atoms with Crippen molar-refractivity contribution in [3.63, 3.8) is 0 Å². The number of para-hydroxylation sites is 2. The molecule has 5 rings (SSSR count). The van der Waals surface area contributed by atoms with E-state index in [4.69, 9.17) is 9.72 Å². The lowest BCUT2D eigenvalue weighted by Crippen LogP contribution is -2.34. The minimum atomic E-state index is 0.0187. The number of carbonyl (C=O) groups excluding carboxylic acids is 1. The molecule has 29 heavy (non-hydrogen) atoms. The number of rotatable bonds is 4. The van der Waals surface area contributed by atoms with Gasteiger partial charge in [0.05, 0.1) is 17.6 Å². The molecule has 7 nitrogen and oxygen atoms in total. The average molecular weight is 391 g/mol. The maximum atomic E-state index is 13.1. The van der Waals surface area contributed by atoms with E-state index in [-0.39, 0.29) is 5.91 Å². The summed E-state index contributed by atoms with van der Waals surface area (Å²) in [6.07, 6.45) is 1.66. The lowest BCUT2D eigenvalue weighted by Gasteiger charge is -2.23. The van der Waals surface area contributed by atoms with Gasteiger partial charge in [-0.05, 0) is 31.2 Å². The Kier molecular flexibility index (Phi) is 4.38. The van der Waals surface area contributed by atoms with Gasteiger partial charge in [-0.15, -0.1) is 0 Å². The van der Waals surface area contributed by atoms with Gasteiger partial charge >= 0.3 is 0 Å². The first kappa shape index (κ1) is 18.0. The molecule has 2 unspecified atom stereocenters. The molecule has 4 heterocycles. The highest BCUT2D eigenvalue weighted by Gasteiger charge is 2.43. The van der Waals surface area contributed by atoms with Gasteiger partial charge < -0.3 is 19.1 Å². The third kappa shape index (κ3) is 3.01. The summed E-state index contributed by atoms with van der Waals surface area (Å²) < 4.78 is 7.72. The summed E-state index contributed by atoms with van der Waals surface area (Å²) in [5, 5.41) is 0. The molecule has 1 aromatic carbocycles. The molecule has 3 aromatic rings. The standard InChI is InChI=1S/C22H25N5O2/c1-3-29-20-17(7-6-10-23-20)21(28)26-11-15-13-27(14-16(15)12-26)22-24-18-8-4-5-9-19(18)25(22)2/h4-10,15-16H,3,11-14H2,1-2H3. The van der Waals surface area contributed by atoms with E-state index < -0.39 is 0 Å². The van der Waals surface area contributed by atoms with Crippen molar-refractivity contribution in [2.75, 3.05) is 37.7 Å². The fraction of sp³-hybridized carbons (Fsp3) is 0.409. The second kappa shape index (κ2) is 7.06. The highest BCUT2D eigenvalue weighted by molar-refractivity contribution is 5.96. The van der Waals surface area contributed by atoms with E-state index in [1.165, 1.54) is 0 Å². The summed E-state index contributed by atoms with van der Waals surface area (Å²) in [5.41, 5.74) is 2.73. The molecule has 150 valence electrons. The summed E-state index contributed by atoms with van der Waals surface area (Å²) >= 11 is 0. The number of hydrogen-bond acceptors (Lipinski definition) is 5. The highest BCUT2D eigenvalue weighted by atomic mass is 16.5. The lowest BCUT2D eigenvalue weighted by atomic mass is 10.0. The number of aryl methyl sites for hydroxylation is 1. The zero-order valence-corrected chi connectivity index (χ0v) is 16.8. The SMILES string of the molecule is CCOc1ncccc1C(=O)N1CC2CN(c3nc4ccccc4n3C)CC2C1. The summed E-state index contributed by atoms with van der Waals surface area (Å²) in [6.45, 7) is 5.79. The van der Waals surface area contributed by atoms with E-state index in [9.17, 15) is 4.79 Å². The van der Waals surface area contributed by atoms with Gasteiger partial charge in [0.2, 0.25) is 11.8 Å². The molecule has 0 saturated carbocycles. The predicted molar refractivity (Wildman–Crippen MR) is 111 cm³/mol. The van der Waals surface area contributed by atoms with Gasteiger partial charge in [0.1, 0.15) is 5.56 Å². The van der Waals surface area contributed by atoms with E-state index >= 15 is 0 Å². The molecule has 2 aromatic heterocycles. The van der Waals surface area contributed by atoms with Crippen LogP contribution in [0.2, 0.25) is 0 Å². The Balaban J connectivity index is 1.31. The molecule has 0 aliphatic carbocycles. The van der Waals surface area contributed by atoms with E-state index in [1.54, 1.807) is 18.3 Å². The normalized spacial score (nSPS) is 21.0. The Hall–Kier alpha value is -3.09. The number of ether oxygens (including phenoxy) is 1. The van der Waals surface area contributed by atoms with Crippen molar-refractivity contribution in [2.24, 2.45) is 18.9 Å². The maximum Gasteiger partial charge on any atom is 0.259 e. The monoisotopic (exact) mass is 391 g/mol. The molecule has 2 fully saturated rings. The van der Waals surface area contributed by atoms with Crippen LogP contribution in [-0.4, -0.2) is 58.1 Å². The van der Waals surface area contributed by atoms with Crippen LogP contribution in [0.3, 0.4) is 0 Å². The molecule has 0 radical (unpaired) electrons. The third-order valence-corrected chi connectivity index (χ3v) is 6.10. The van der Waals surface area contributed by atoms with Gasteiger partial charge in [-0.1, -0.05) is 12.1 Å². The molecule has 7 heteroatoms. The van der Waals surface area contributed by atoms with Crippen LogP contribution < -0.4 is 9.64 Å².